The van der Waals surface area contributed by atoms with Crippen molar-refractivity contribution < 1.29 is 14.3 Å². The molecule has 0 aliphatic carbocycles. The molecule has 3 rings (SSSR count). The monoisotopic (exact) mass is 359 g/mol. The molecule has 0 radical (unpaired) electrons. The first-order valence-electron chi connectivity index (χ1n) is 7.58. The number of aryl methyl sites for hydroxylation is 1. The van der Waals surface area contributed by atoms with E-state index in [-0.39, 0.29) is 62.3 Å². The van der Waals surface area contributed by atoms with E-state index in [4.69, 9.17) is 5.11 Å². The Kier molecular flexibility index (Phi) is 6.57. The Morgan fingerprint density at radius 1 is 1.33 bits per heavy atom. The van der Waals surface area contributed by atoms with Gasteiger partial charge in [0, 0.05) is 44.3 Å². The van der Waals surface area contributed by atoms with E-state index >= 15 is 0 Å². The number of aromatic carboxylic acids is 1. The first-order valence-corrected chi connectivity index (χ1v) is 7.58. The molecule has 0 amide bonds. The van der Waals surface area contributed by atoms with Gasteiger partial charge < -0.3 is 19.9 Å². The third kappa shape index (κ3) is 3.58. The van der Waals surface area contributed by atoms with Gasteiger partial charge in [-0.05, 0) is 19.1 Å². The molecule has 1 aromatic heterocycles. The van der Waals surface area contributed by atoms with E-state index in [1.165, 1.54) is 6.20 Å². The summed E-state index contributed by atoms with van der Waals surface area (Å²) in [6.45, 7) is 5.26. The maximum absolute atomic E-state index is 14.5. The standard InChI is InChI=1S/C16H18FN3O3.K.H/c1-2-19-9-11(16(22)23)15(21)10-7-12(17)14(8-13(10)19)20-5-3-18-4-6-20;;/h7-9,18H,2-6H2,1H3,(H,22,23);;. The van der Waals surface area contributed by atoms with Crippen LogP contribution in [-0.2, 0) is 6.54 Å². The van der Waals surface area contributed by atoms with Crippen LogP contribution >= 0.6 is 0 Å². The Morgan fingerprint density at radius 3 is 2.58 bits per heavy atom. The van der Waals surface area contributed by atoms with E-state index in [1.807, 2.05) is 11.8 Å². The molecule has 1 fully saturated rings. The molecule has 1 aromatic carbocycles. The van der Waals surface area contributed by atoms with Crippen molar-refractivity contribution >= 4 is 73.9 Å². The SMILES string of the molecule is CCn1cc(C(=O)O)c(=O)c2cc(F)c(N3CCNCC3)cc21.[KH]. The van der Waals surface area contributed by atoms with Gasteiger partial charge in [-0.1, -0.05) is 0 Å². The third-order valence-corrected chi connectivity index (χ3v) is 4.18. The number of hydrogen-bond donors (Lipinski definition) is 2. The molecule has 1 saturated heterocycles. The van der Waals surface area contributed by atoms with Gasteiger partial charge in [-0.2, -0.15) is 0 Å². The average molecular weight is 359 g/mol. The molecular weight excluding hydrogens is 340 g/mol. The third-order valence-electron chi connectivity index (χ3n) is 4.18. The molecule has 0 spiro atoms. The molecular formula is C16H19FKN3O3. The van der Waals surface area contributed by atoms with Crippen LogP contribution in [0.4, 0.5) is 10.1 Å². The second-order valence-electron chi connectivity index (χ2n) is 5.52. The minimum atomic E-state index is -1.30. The van der Waals surface area contributed by atoms with Crippen molar-refractivity contribution in [2.75, 3.05) is 31.1 Å². The Labute approximate surface area is 181 Å². The van der Waals surface area contributed by atoms with E-state index in [0.29, 0.717) is 30.8 Å². The van der Waals surface area contributed by atoms with Crippen molar-refractivity contribution in [2.24, 2.45) is 0 Å². The van der Waals surface area contributed by atoms with Crippen LogP contribution in [0.2, 0.25) is 0 Å². The van der Waals surface area contributed by atoms with Gasteiger partial charge in [0.15, 0.2) is 0 Å². The summed E-state index contributed by atoms with van der Waals surface area (Å²) in [6.07, 6.45) is 1.33. The van der Waals surface area contributed by atoms with Gasteiger partial charge in [0.1, 0.15) is 11.4 Å². The predicted octanol–water partition coefficient (Wildman–Crippen LogP) is 0.620. The van der Waals surface area contributed by atoms with Crippen molar-refractivity contribution in [3.05, 3.63) is 39.9 Å². The van der Waals surface area contributed by atoms with Crippen LogP contribution in [0.5, 0.6) is 0 Å². The number of aromatic nitrogens is 1. The second-order valence-corrected chi connectivity index (χ2v) is 5.52. The Hall–Kier alpha value is -0.774. The molecule has 6 nitrogen and oxygen atoms in total. The summed E-state index contributed by atoms with van der Waals surface area (Å²) in [6, 6.07) is 2.81. The van der Waals surface area contributed by atoms with Crippen molar-refractivity contribution in [3.8, 4) is 0 Å². The molecule has 1 aliphatic rings. The molecule has 2 heterocycles. The first-order chi connectivity index (χ1) is 11.0. The van der Waals surface area contributed by atoms with Crippen LogP contribution in [0.3, 0.4) is 0 Å². The number of fused-ring (bicyclic) bond motifs is 1. The zero-order valence-corrected chi connectivity index (χ0v) is 12.8. The van der Waals surface area contributed by atoms with Gasteiger partial charge in [-0.25, -0.2) is 9.18 Å². The van der Waals surface area contributed by atoms with Crippen molar-refractivity contribution in [1.29, 1.82) is 0 Å². The van der Waals surface area contributed by atoms with Crippen molar-refractivity contribution in [1.82, 2.24) is 9.88 Å². The fraction of sp³-hybridized carbons (Fsp3) is 0.375. The fourth-order valence-corrected chi connectivity index (χ4v) is 2.96. The Balaban J connectivity index is 0.00000208. The number of carboxylic acids is 1. The van der Waals surface area contributed by atoms with Gasteiger partial charge >= 0.3 is 57.4 Å². The topological polar surface area (TPSA) is 74.6 Å². The number of nitrogens with one attached hydrogen (secondary N) is 1. The fourth-order valence-electron chi connectivity index (χ4n) is 2.96. The van der Waals surface area contributed by atoms with E-state index in [1.54, 1.807) is 10.6 Å². The van der Waals surface area contributed by atoms with Crippen LogP contribution < -0.4 is 15.6 Å². The van der Waals surface area contributed by atoms with Crippen molar-refractivity contribution in [2.45, 2.75) is 13.5 Å². The van der Waals surface area contributed by atoms with E-state index in [9.17, 15) is 14.0 Å². The number of piperazine rings is 1. The molecule has 24 heavy (non-hydrogen) atoms. The summed E-state index contributed by atoms with van der Waals surface area (Å²) in [5.41, 5.74) is 0.0118. The quantitative estimate of drug-likeness (QED) is 0.786. The molecule has 1 aliphatic heterocycles. The summed E-state index contributed by atoms with van der Waals surface area (Å²) >= 11 is 0. The van der Waals surface area contributed by atoms with Gasteiger partial charge in [-0.15, -0.1) is 0 Å². The van der Waals surface area contributed by atoms with Gasteiger partial charge in [0.05, 0.1) is 11.2 Å². The summed E-state index contributed by atoms with van der Waals surface area (Å²) in [4.78, 5) is 25.4. The molecule has 124 valence electrons. The summed E-state index contributed by atoms with van der Waals surface area (Å²) in [7, 11) is 0. The molecule has 0 saturated carbocycles. The molecule has 8 heteroatoms. The van der Waals surface area contributed by atoms with Crippen LogP contribution in [0.25, 0.3) is 10.9 Å². The molecule has 0 atom stereocenters. The normalized spacial score (nSPS) is 14.5. The van der Waals surface area contributed by atoms with Crippen LogP contribution in [0.1, 0.15) is 17.3 Å². The predicted molar refractivity (Wildman–Crippen MR) is 93.0 cm³/mol. The maximum atomic E-state index is 14.5. The number of carboxylic acid groups (broad SMARTS) is 1. The number of nitrogens with zero attached hydrogens (tertiary/aromatic N) is 2. The molecule has 0 bridgehead atoms. The van der Waals surface area contributed by atoms with Gasteiger partial charge in [0.2, 0.25) is 5.43 Å². The van der Waals surface area contributed by atoms with E-state index in [2.05, 4.69) is 5.32 Å². The Morgan fingerprint density at radius 2 is 2.00 bits per heavy atom. The molecule has 0 unspecified atom stereocenters. The van der Waals surface area contributed by atoms with Gasteiger partial charge in [-0.3, -0.25) is 4.79 Å². The number of hydrogen-bond acceptors (Lipinski definition) is 4. The number of anilines is 1. The first kappa shape index (κ1) is 19.5. The van der Waals surface area contributed by atoms with E-state index in [0.717, 1.165) is 19.2 Å². The molecule has 2 N–H and O–H groups in total. The zero-order chi connectivity index (χ0) is 16.6. The average Bonchev–Trinajstić information content (AvgIpc) is 2.55. The number of pyridine rings is 1. The Bertz CT molecular complexity index is 831. The van der Waals surface area contributed by atoms with Crippen LogP contribution in [-0.4, -0.2) is 93.2 Å². The summed E-state index contributed by atoms with van der Waals surface area (Å²) in [5, 5.41) is 12.5. The second kappa shape index (κ2) is 8.07. The number of carbonyl (C=O) groups is 1. The van der Waals surface area contributed by atoms with Gasteiger partial charge in [0.25, 0.3) is 0 Å². The van der Waals surface area contributed by atoms with Crippen LogP contribution in [0, 0.1) is 5.82 Å². The van der Waals surface area contributed by atoms with Crippen molar-refractivity contribution in [3.63, 3.8) is 0 Å². The summed E-state index contributed by atoms with van der Waals surface area (Å²) < 4.78 is 16.2. The zero-order valence-electron chi connectivity index (χ0n) is 12.8. The minimum absolute atomic E-state index is 0. The molecule has 2 aromatic rings. The summed E-state index contributed by atoms with van der Waals surface area (Å²) in [5.74, 6) is -1.80. The number of benzene rings is 1. The van der Waals surface area contributed by atoms with E-state index < -0.39 is 17.2 Å². The van der Waals surface area contributed by atoms with Crippen LogP contribution in [0.15, 0.2) is 23.1 Å². The number of halogens is 1. The number of rotatable bonds is 3.